The van der Waals surface area contributed by atoms with Crippen molar-refractivity contribution in [1.29, 1.82) is 0 Å². The largest absolute Gasteiger partial charge is 0.307 e. The van der Waals surface area contributed by atoms with Crippen molar-refractivity contribution in [3.8, 4) is 0 Å². The van der Waals surface area contributed by atoms with Gasteiger partial charge in [0.1, 0.15) is 5.82 Å². The molecule has 1 amide bonds. The van der Waals surface area contributed by atoms with E-state index in [4.69, 9.17) is 0 Å². The molecule has 0 N–H and O–H groups in total. The zero-order chi connectivity index (χ0) is 11.3. The van der Waals surface area contributed by atoms with E-state index in [2.05, 4.69) is 4.90 Å². The fourth-order valence-corrected chi connectivity index (χ4v) is 2.73. The highest BCUT2D eigenvalue weighted by molar-refractivity contribution is 6.01. The fraction of sp³-hybridized carbons (Fsp3) is 0.417. The van der Waals surface area contributed by atoms with Crippen molar-refractivity contribution in [1.82, 2.24) is 4.90 Å². The van der Waals surface area contributed by atoms with Crippen LogP contribution in [0.25, 0.3) is 0 Å². The van der Waals surface area contributed by atoms with E-state index in [0.717, 1.165) is 18.7 Å². The van der Waals surface area contributed by atoms with Crippen LogP contribution in [-0.4, -0.2) is 36.5 Å². The Morgan fingerprint density at radius 1 is 1.31 bits per heavy atom. The molecule has 2 aliphatic rings. The van der Waals surface area contributed by atoms with E-state index in [-0.39, 0.29) is 23.8 Å². The standard InChI is InChI=1S/C12H13FN2O/c1-14-7-10-6-11(14)12(16)15(10)9-4-2-8(13)3-5-9/h2-5,10-11H,6-7H2,1H3. The number of anilines is 1. The molecule has 0 radical (unpaired) electrons. The molecule has 3 rings (SSSR count). The van der Waals surface area contributed by atoms with Crippen LogP contribution in [0.2, 0.25) is 0 Å². The van der Waals surface area contributed by atoms with Gasteiger partial charge in [-0.25, -0.2) is 4.39 Å². The highest BCUT2D eigenvalue weighted by Crippen LogP contribution is 2.34. The van der Waals surface area contributed by atoms with Gasteiger partial charge < -0.3 is 4.90 Å². The van der Waals surface area contributed by atoms with Gasteiger partial charge in [0.25, 0.3) is 0 Å². The Hall–Kier alpha value is -1.42. The minimum absolute atomic E-state index is 0.0232. The topological polar surface area (TPSA) is 23.6 Å². The van der Waals surface area contributed by atoms with E-state index in [1.165, 1.54) is 12.1 Å². The van der Waals surface area contributed by atoms with Crippen LogP contribution in [0.4, 0.5) is 10.1 Å². The van der Waals surface area contributed by atoms with Gasteiger partial charge in [0, 0.05) is 12.2 Å². The highest BCUT2D eigenvalue weighted by Gasteiger charge is 2.48. The van der Waals surface area contributed by atoms with E-state index in [1.54, 1.807) is 12.1 Å². The Labute approximate surface area is 93.5 Å². The maximum atomic E-state index is 12.8. The monoisotopic (exact) mass is 220 g/mol. The first-order valence-electron chi connectivity index (χ1n) is 5.45. The van der Waals surface area contributed by atoms with Gasteiger partial charge in [-0.05, 0) is 37.7 Å². The Bertz CT molecular complexity index is 431. The number of rotatable bonds is 1. The first kappa shape index (κ1) is 9.78. The Morgan fingerprint density at radius 3 is 2.56 bits per heavy atom. The van der Waals surface area contributed by atoms with Crippen molar-refractivity contribution < 1.29 is 9.18 Å². The number of hydrogen-bond donors (Lipinski definition) is 0. The van der Waals surface area contributed by atoms with Crippen LogP contribution in [0.5, 0.6) is 0 Å². The molecule has 84 valence electrons. The van der Waals surface area contributed by atoms with Crippen LogP contribution in [0.15, 0.2) is 24.3 Å². The molecule has 2 bridgehead atoms. The molecule has 3 nitrogen and oxygen atoms in total. The second-order valence-corrected chi connectivity index (χ2v) is 4.53. The van der Waals surface area contributed by atoms with Crippen LogP contribution in [-0.2, 0) is 4.79 Å². The molecule has 1 aromatic rings. The minimum Gasteiger partial charge on any atom is -0.307 e. The van der Waals surface area contributed by atoms with Crippen LogP contribution in [0.1, 0.15) is 6.42 Å². The normalized spacial score (nSPS) is 29.1. The average Bonchev–Trinajstić information content (AvgIpc) is 2.76. The molecular formula is C12H13FN2O. The van der Waals surface area contributed by atoms with Crippen molar-refractivity contribution in [2.24, 2.45) is 0 Å². The number of likely N-dealkylation sites (N-methyl/N-ethyl adjacent to an activating group) is 1. The molecular weight excluding hydrogens is 207 g/mol. The second kappa shape index (κ2) is 3.28. The van der Waals surface area contributed by atoms with Gasteiger partial charge in [0.2, 0.25) is 5.91 Å². The first-order valence-corrected chi connectivity index (χ1v) is 5.45. The number of fused-ring (bicyclic) bond motifs is 2. The molecule has 2 fully saturated rings. The zero-order valence-electron chi connectivity index (χ0n) is 9.06. The van der Waals surface area contributed by atoms with E-state index >= 15 is 0 Å². The quantitative estimate of drug-likeness (QED) is 0.711. The predicted molar refractivity (Wildman–Crippen MR) is 58.7 cm³/mol. The van der Waals surface area contributed by atoms with E-state index < -0.39 is 0 Å². The lowest BCUT2D eigenvalue weighted by Gasteiger charge is -2.31. The van der Waals surface area contributed by atoms with Gasteiger partial charge in [0.05, 0.1) is 12.1 Å². The van der Waals surface area contributed by atoms with Gasteiger partial charge in [-0.2, -0.15) is 0 Å². The zero-order valence-corrected chi connectivity index (χ0v) is 9.06. The third-order valence-electron chi connectivity index (χ3n) is 3.52. The van der Waals surface area contributed by atoms with Crippen molar-refractivity contribution in [2.75, 3.05) is 18.5 Å². The smallest absolute Gasteiger partial charge is 0.244 e. The summed E-state index contributed by atoms with van der Waals surface area (Å²) in [5.74, 6) is -0.122. The van der Waals surface area contributed by atoms with Crippen LogP contribution < -0.4 is 4.90 Å². The first-order chi connectivity index (χ1) is 7.66. The van der Waals surface area contributed by atoms with Gasteiger partial charge >= 0.3 is 0 Å². The number of benzene rings is 1. The molecule has 2 atom stereocenters. The third kappa shape index (κ3) is 1.26. The van der Waals surface area contributed by atoms with Crippen LogP contribution in [0, 0.1) is 5.82 Å². The maximum Gasteiger partial charge on any atom is 0.244 e. The minimum atomic E-state index is -0.266. The summed E-state index contributed by atoms with van der Waals surface area (Å²) in [5, 5.41) is 0. The number of carbonyl (C=O) groups is 1. The number of likely N-dealkylation sites (tertiary alicyclic amines) is 1. The molecule has 0 aromatic heterocycles. The van der Waals surface area contributed by atoms with E-state index in [1.807, 2.05) is 11.9 Å². The van der Waals surface area contributed by atoms with Gasteiger partial charge in [-0.15, -0.1) is 0 Å². The maximum absolute atomic E-state index is 12.8. The summed E-state index contributed by atoms with van der Waals surface area (Å²) < 4.78 is 12.8. The summed E-state index contributed by atoms with van der Waals surface area (Å²) in [6, 6.07) is 6.43. The molecule has 0 spiro atoms. The van der Waals surface area contributed by atoms with Crippen LogP contribution >= 0.6 is 0 Å². The van der Waals surface area contributed by atoms with Crippen molar-refractivity contribution in [3.63, 3.8) is 0 Å². The van der Waals surface area contributed by atoms with Crippen molar-refractivity contribution >= 4 is 11.6 Å². The number of nitrogens with zero attached hydrogens (tertiary/aromatic N) is 2. The number of halogens is 1. The van der Waals surface area contributed by atoms with Gasteiger partial charge in [-0.1, -0.05) is 0 Å². The molecule has 16 heavy (non-hydrogen) atoms. The summed E-state index contributed by atoms with van der Waals surface area (Å²) in [6.45, 7) is 0.910. The Balaban J connectivity index is 1.92. The molecule has 2 saturated heterocycles. The van der Waals surface area contributed by atoms with E-state index in [9.17, 15) is 9.18 Å². The lowest BCUT2D eigenvalue weighted by atomic mass is 10.2. The average molecular weight is 220 g/mol. The number of piperazine rings is 1. The number of amides is 1. The summed E-state index contributed by atoms with van der Waals surface area (Å²) in [7, 11) is 1.98. The second-order valence-electron chi connectivity index (χ2n) is 4.53. The molecule has 0 saturated carbocycles. The van der Waals surface area contributed by atoms with Gasteiger partial charge in [-0.3, -0.25) is 9.69 Å². The van der Waals surface area contributed by atoms with Gasteiger partial charge in [0.15, 0.2) is 0 Å². The Morgan fingerprint density at radius 2 is 2.00 bits per heavy atom. The summed E-state index contributed by atoms with van der Waals surface area (Å²) in [6.07, 6.45) is 0.896. The molecule has 2 heterocycles. The summed E-state index contributed by atoms with van der Waals surface area (Å²) >= 11 is 0. The fourth-order valence-electron chi connectivity index (χ4n) is 2.73. The highest BCUT2D eigenvalue weighted by atomic mass is 19.1. The Kier molecular flexibility index (Phi) is 2.01. The summed E-state index contributed by atoms with van der Waals surface area (Å²) in [4.78, 5) is 16.0. The van der Waals surface area contributed by atoms with Crippen molar-refractivity contribution in [3.05, 3.63) is 30.1 Å². The SMILES string of the molecule is CN1CC2CC1C(=O)N2c1ccc(F)cc1. The summed E-state index contributed by atoms with van der Waals surface area (Å²) in [5.41, 5.74) is 0.812. The van der Waals surface area contributed by atoms with Crippen molar-refractivity contribution in [2.45, 2.75) is 18.5 Å². The van der Waals surface area contributed by atoms with Crippen LogP contribution in [0.3, 0.4) is 0 Å². The molecule has 2 unspecified atom stereocenters. The lowest BCUT2D eigenvalue weighted by Crippen LogP contribution is -2.48. The number of hydrogen-bond acceptors (Lipinski definition) is 2. The number of carbonyl (C=O) groups excluding carboxylic acids is 1. The lowest BCUT2D eigenvalue weighted by molar-refractivity contribution is -0.122. The van der Waals surface area contributed by atoms with E-state index in [0.29, 0.717) is 0 Å². The molecule has 2 aliphatic heterocycles. The molecule has 0 aliphatic carbocycles. The molecule has 1 aromatic carbocycles. The molecule has 4 heteroatoms. The third-order valence-corrected chi connectivity index (χ3v) is 3.52. The predicted octanol–water partition coefficient (Wildman–Crippen LogP) is 1.24.